The third-order valence-corrected chi connectivity index (χ3v) is 5.93. The molecule has 1 heterocycles. The fourth-order valence-electron chi connectivity index (χ4n) is 4.13. The minimum absolute atomic E-state index is 0.0151. The van der Waals surface area contributed by atoms with Gasteiger partial charge in [0.05, 0.1) is 6.04 Å². The molecule has 3 aromatic carbocycles. The van der Waals surface area contributed by atoms with Crippen LogP contribution in [-0.4, -0.2) is 18.1 Å². The van der Waals surface area contributed by atoms with Crippen molar-refractivity contribution in [2.75, 3.05) is 6.61 Å². The van der Waals surface area contributed by atoms with Gasteiger partial charge in [0.1, 0.15) is 17.1 Å². The maximum atomic E-state index is 12.7. The molecule has 0 aromatic heterocycles. The number of para-hydroxylation sites is 1. The number of hydrogen-bond acceptors (Lipinski definition) is 3. The normalized spacial score (nSPS) is 17.2. The van der Waals surface area contributed by atoms with Crippen LogP contribution in [0.4, 0.5) is 0 Å². The summed E-state index contributed by atoms with van der Waals surface area (Å²) >= 11 is 0. The average Bonchev–Trinajstić information content (AvgIpc) is 2.77. The molecule has 0 spiro atoms. The molecule has 0 fully saturated rings. The van der Waals surface area contributed by atoms with Gasteiger partial charge >= 0.3 is 0 Å². The number of fused-ring (bicyclic) bond motifs is 2. The molecule has 1 atom stereocenters. The number of ether oxygens (including phenoxy) is 2. The molecule has 0 bridgehead atoms. The van der Waals surface area contributed by atoms with E-state index in [1.54, 1.807) is 0 Å². The second-order valence-corrected chi connectivity index (χ2v) is 7.62. The van der Waals surface area contributed by atoms with E-state index in [9.17, 15) is 4.79 Å². The summed E-state index contributed by atoms with van der Waals surface area (Å²) in [7, 11) is 0. The molecule has 0 unspecified atom stereocenters. The molecule has 4 heteroatoms. The van der Waals surface area contributed by atoms with Gasteiger partial charge in [0, 0.05) is 17.4 Å². The fourth-order valence-corrected chi connectivity index (χ4v) is 4.13. The molecule has 0 aliphatic carbocycles. The van der Waals surface area contributed by atoms with Gasteiger partial charge < -0.3 is 14.8 Å². The zero-order chi connectivity index (χ0) is 20.3. The van der Waals surface area contributed by atoms with Gasteiger partial charge in [-0.3, -0.25) is 4.79 Å². The lowest BCUT2D eigenvalue weighted by Crippen LogP contribution is -2.45. The maximum absolute atomic E-state index is 12.7. The summed E-state index contributed by atoms with van der Waals surface area (Å²) in [5, 5.41) is 5.28. The first-order chi connectivity index (χ1) is 14.1. The average molecular weight is 389 g/mol. The molecule has 150 valence electrons. The molecule has 0 radical (unpaired) electrons. The minimum atomic E-state index is -0.247. The van der Waals surface area contributed by atoms with Crippen molar-refractivity contribution in [1.82, 2.24) is 5.32 Å². The van der Waals surface area contributed by atoms with E-state index in [4.69, 9.17) is 9.47 Å². The molecule has 4 nitrogen and oxygen atoms in total. The molecule has 1 aliphatic heterocycles. The zero-order valence-corrected chi connectivity index (χ0v) is 17.0. The van der Waals surface area contributed by atoms with Crippen molar-refractivity contribution < 1.29 is 14.3 Å². The Balaban J connectivity index is 1.49. The van der Waals surface area contributed by atoms with Gasteiger partial charge in [0.2, 0.25) is 0 Å². The summed E-state index contributed by atoms with van der Waals surface area (Å²) < 4.78 is 12.2. The zero-order valence-electron chi connectivity index (χ0n) is 17.0. The number of benzene rings is 3. The molecule has 4 rings (SSSR count). The Bertz CT molecular complexity index is 1000. The predicted octanol–water partition coefficient (Wildman–Crippen LogP) is 5.42. The Kier molecular flexibility index (Phi) is 5.43. The highest BCUT2D eigenvalue weighted by molar-refractivity contribution is 5.88. The highest BCUT2D eigenvalue weighted by Crippen LogP contribution is 2.42. The number of nitrogens with one attached hydrogen (secondary N) is 1. The number of amides is 1. The first-order valence-electron chi connectivity index (χ1n) is 10.3. The monoisotopic (exact) mass is 389 g/mol. The van der Waals surface area contributed by atoms with Crippen LogP contribution in [0.15, 0.2) is 66.7 Å². The lowest BCUT2D eigenvalue weighted by molar-refractivity contribution is -0.124. The lowest BCUT2D eigenvalue weighted by atomic mass is 9.83. The van der Waals surface area contributed by atoms with Gasteiger partial charge in [-0.1, -0.05) is 68.4 Å². The van der Waals surface area contributed by atoms with Crippen molar-refractivity contribution in [3.05, 3.63) is 72.3 Å². The van der Waals surface area contributed by atoms with Crippen LogP contribution in [0.3, 0.4) is 0 Å². The fraction of sp³-hybridized carbons (Fsp3) is 0.320. The van der Waals surface area contributed by atoms with Crippen LogP contribution in [0.1, 0.15) is 44.7 Å². The Morgan fingerprint density at radius 3 is 2.59 bits per heavy atom. The van der Waals surface area contributed by atoms with Gasteiger partial charge in [-0.15, -0.1) is 0 Å². The van der Waals surface area contributed by atoms with E-state index in [0.29, 0.717) is 0 Å². The van der Waals surface area contributed by atoms with E-state index in [1.165, 1.54) is 0 Å². The van der Waals surface area contributed by atoms with Crippen molar-refractivity contribution in [3.8, 4) is 11.5 Å². The topological polar surface area (TPSA) is 47.6 Å². The van der Waals surface area contributed by atoms with Crippen LogP contribution in [0, 0.1) is 0 Å². The van der Waals surface area contributed by atoms with E-state index in [0.717, 1.165) is 47.1 Å². The number of carbonyl (C=O) groups excluding carboxylic acids is 1. The summed E-state index contributed by atoms with van der Waals surface area (Å²) in [5.74, 6) is 1.46. The summed E-state index contributed by atoms with van der Waals surface area (Å²) in [6.07, 6.45) is 2.56. The number of hydrogen-bond donors (Lipinski definition) is 1. The van der Waals surface area contributed by atoms with Crippen LogP contribution in [-0.2, 0) is 4.79 Å². The Labute approximate surface area is 171 Å². The SMILES string of the molecule is CCC1(CC)C[C@@H](NC(=O)COc2cccc3ccccc23)c2ccccc2O1. The molecule has 1 N–H and O–H groups in total. The van der Waals surface area contributed by atoms with Crippen LogP contribution in [0.25, 0.3) is 10.8 Å². The highest BCUT2D eigenvalue weighted by atomic mass is 16.5. The van der Waals surface area contributed by atoms with Crippen molar-refractivity contribution in [1.29, 1.82) is 0 Å². The lowest BCUT2D eigenvalue weighted by Gasteiger charge is -2.41. The molecule has 29 heavy (non-hydrogen) atoms. The molecule has 0 saturated heterocycles. The summed E-state index contributed by atoms with van der Waals surface area (Å²) in [6, 6.07) is 21.8. The summed E-state index contributed by atoms with van der Waals surface area (Å²) in [6.45, 7) is 4.26. The molecule has 1 aliphatic rings. The van der Waals surface area contributed by atoms with Crippen LogP contribution in [0.2, 0.25) is 0 Å². The maximum Gasteiger partial charge on any atom is 0.258 e. The second kappa shape index (κ2) is 8.16. The summed E-state index contributed by atoms with van der Waals surface area (Å²) in [4.78, 5) is 12.7. The van der Waals surface area contributed by atoms with E-state index >= 15 is 0 Å². The predicted molar refractivity (Wildman–Crippen MR) is 115 cm³/mol. The number of rotatable bonds is 6. The van der Waals surface area contributed by atoms with E-state index < -0.39 is 0 Å². The van der Waals surface area contributed by atoms with E-state index in [2.05, 4.69) is 19.2 Å². The van der Waals surface area contributed by atoms with Crippen LogP contribution < -0.4 is 14.8 Å². The molecular weight excluding hydrogens is 362 g/mol. The van der Waals surface area contributed by atoms with Gasteiger partial charge in [-0.2, -0.15) is 0 Å². The molecular formula is C25H27NO3. The highest BCUT2D eigenvalue weighted by Gasteiger charge is 2.38. The largest absolute Gasteiger partial charge is 0.487 e. The Hall–Kier alpha value is -3.01. The van der Waals surface area contributed by atoms with Gasteiger partial charge in [-0.25, -0.2) is 0 Å². The van der Waals surface area contributed by atoms with Crippen molar-refractivity contribution in [2.24, 2.45) is 0 Å². The van der Waals surface area contributed by atoms with E-state index in [1.807, 2.05) is 66.7 Å². The van der Waals surface area contributed by atoms with Crippen molar-refractivity contribution >= 4 is 16.7 Å². The quantitative estimate of drug-likeness (QED) is 0.612. The van der Waals surface area contributed by atoms with Crippen molar-refractivity contribution in [2.45, 2.75) is 44.8 Å². The third kappa shape index (κ3) is 3.93. The first kappa shape index (κ1) is 19.3. The molecule has 3 aromatic rings. The third-order valence-electron chi connectivity index (χ3n) is 5.93. The van der Waals surface area contributed by atoms with Crippen LogP contribution >= 0.6 is 0 Å². The number of carbonyl (C=O) groups is 1. The van der Waals surface area contributed by atoms with E-state index in [-0.39, 0.29) is 24.2 Å². The first-order valence-corrected chi connectivity index (χ1v) is 10.3. The van der Waals surface area contributed by atoms with Gasteiger partial charge in [0.25, 0.3) is 5.91 Å². The van der Waals surface area contributed by atoms with Gasteiger partial charge in [-0.05, 0) is 30.4 Å². The minimum Gasteiger partial charge on any atom is -0.487 e. The smallest absolute Gasteiger partial charge is 0.258 e. The molecule has 0 saturated carbocycles. The Morgan fingerprint density at radius 2 is 1.76 bits per heavy atom. The summed E-state index contributed by atoms with van der Waals surface area (Å²) in [5.41, 5.74) is 0.784. The molecule has 1 amide bonds. The Morgan fingerprint density at radius 1 is 1.03 bits per heavy atom. The standard InChI is InChI=1S/C25H27NO3/c1-3-25(4-2)16-21(20-13-7-8-14-23(20)29-25)26-24(27)17-28-22-15-9-11-18-10-5-6-12-19(18)22/h5-15,21H,3-4,16-17H2,1-2H3,(H,26,27)/t21-/m1/s1. The van der Waals surface area contributed by atoms with Crippen LogP contribution in [0.5, 0.6) is 11.5 Å². The van der Waals surface area contributed by atoms with Crippen molar-refractivity contribution in [3.63, 3.8) is 0 Å². The second-order valence-electron chi connectivity index (χ2n) is 7.62. The van der Waals surface area contributed by atoms with Gasteiger partial charge in [0.15, 0.2) is 6.61 Å².